The molecule has 0 fully saturated rings. The number of nitrogens with one attached hydrogen (secondary N) is 1. The van der Waals surface area contributed by atoms with E-state index in [1.165, 1.54) is 14.2 Å². The first-order chi connectivity index (χ1) is 7.65. The van der Waals surface area contributed by atoms with Crippen LogP contribution in [-0.4, -0.2) is 0 Å². The van der Waals surface area contributed by atoms with Crippen LogP contribution in [0.4, 0.5) is 0 Å². The molecule has 1 unspecified atom stereocenters. The molecular weight excluding hydrogens is 326 g/mol. The van der Waals surface area contributed by atoms with Gasteiger partial charge < -0.3 is 5.32 Å². The van der Waals surface area contributed by atoms with Crippen molar-refractivity contribution >= 4 is 50.2 Å². The third-order valence-corrected chi connectivity index (χ3v) is 5.03. The molecular formula is C11H11BrClNS2. The lowest BCUT2D eigenvalue weighted by molar-refractivity contribution is 0.580. The highest BCUT2D eigenvalue weighted by Gasteiger charge is 2.07. The topological polar surface area (TPSA) is 12.0 Å². The molecule has 16 heavy (non-hydrogen) atoms. The maximum atomic E-state index is 5.91. The van der Waals surface area contributed by atoms with Gasteiger partial charge in [-0.3, -0.25) is 0 Å². The molecule has 0 spiro atoms. The van der Waals surface area contributed by atoms with E-state index in [4.69, 9.17) is 11.6 Å². The Labute approximate surface area is 117 Å². The number of thiophene rings is 2. The highest BCUT2D eigenvalue weighted by Crippen LogP contribution is 2.26. The van der Waals surface area contributed by atoms with Gasteiger partial charge in [-0.05, 0) is 52.0 Å². The highest BCUT2D eigenvalue weighted by molar-refractivity contribution is 9.11. The minimum absolute atomic E-state index is 0.338. The predicted octanol–water partition coefficient (Wildman–Crippen LogP) is 5.08. The highest BCUT2D eigenvalue weighted by atomic mass is 79.9. The zero-order valence-corrected chi connectivity index (χ0v) is 12.6. The van der Waals surface area contributed by atoms with Crippen molar-refractivity contribution in [1.29, 1.82) is 0 Å². The van der Waals surface area contributed by atoms with Crippen LogP contribution in [0.5, 0.6) is 0 Å². The summed E-state index contributed by atoms with van der Waals surface area (Å²) in [4.78, 5) is 1.33. The third-order valence-electron chi connectivity index (χ3n) is 2.30. The van der Waals surface area contributed by atoms with E-state index >= 15 is 0 Å². The van der Waals surface area contributed by atoms with Crippen LogP contribution in [0.1, 0.15) is 23.4 Å². The summed E-state index contributed by atoms with van der Waals surface area (Å²) in [5.41, 5.74) is 1.26. The Balaban J connectivity index is 1.91. The Bertz CT molecular complexity index is 466. The average Bonchev–Trinajstić information content (AvgIpc) is 2.84. The molecule has 2 rings (SSSR count). The summed E-state index contributed by atoms with van der Waals surface area (Å²) in [6.07, 6.45) is 0. The Morgan fingerprint density at radius 3 is 2.88 bits per heavy atom. The van der Waals surface area contributed by atoms with E-state index in [1.54, 1.807) is 22.7 Å². The minimum atomic E-state index is 0.338. The molecule has 0 aliphatic heterocycles. The summed E-state index contributed by atoms with van der Waals surface area (Å²) in [5, 5.41) is 5.58. The Hall–Kier alpha value is 0.130. The third kappa shape index (κ3) is 3.31. The second-order valence-electron chi connectivity index (χ2n) is 3.49. The number of rotatable bonds is 4. The minimum Gasteiger partial charge on any atom is -0.305 e. The summed E-state index contributed by atoms with van der Waals surface area (Å²) in [6, 6.07) is 6.57. The second-order valence-corrected chi connectivity index (χ2v) is 7.58. The largest absolute Gasteiger partial charge is 0.305 e. The first-order valence-electron chi connectivity index (χ1n) is 4.86. The lowest BCUT2D eigenvalue weighted by Gasteiger charge is -2.11. The van der Waals surface area contributed by atoms with Crippen molar-refractivity contribution in [3.63, 3.8) is 0 Å². The van der Waals surface area contributed by atoms with E-state index in [9.17, 15) is 0 Å². The van der Waals surface area contributed by atoms with Gasteiger partial charge in [0.05, 0.1) is 8.12 Å². The lowest BCUT2D eigenvalue weighted by atomic mass is 10.2. The monoisotopic (exact) mass is 335 g/mol. The van der Waals surface area contributed by atoms with Gasteiger partial charge in [-0.2, -0.15) is 0 Å². The van der Waals surface area contributed by atoms with Crippen LogP contribution in [0, 0.1) is 0 Å². The summed E-state index contributed by atoms with van der Waals surface area (Å²) in [7, 11) is 0. The maximum Gasteiger partial charge on any atom is 0.0931 e. The van der Waals surface area contributed by atoms with Crippen LogP contribution in [-0.2, 0) is 6.54 Å². The number of hydrogen-bond donors (Lipinski definition) is 1. The zero-order chi connectivity index (χ0) is 11.5. The van der Waals surface area contributed by atoms with Gasteiger partial charge in [0.25, 0.3) is 0 Å². The fourth-order valence-electron chi connectivity index (χ4n) is 1.37. The van der Waals surface area contributed by atoms with Gasteiger partial charge in [0.15, 0.2) is 0 Å². The van der Waals surface area contributed by atoms with Crippen LogP contribution in [0.15, 0.2) is 27.4 Å². The molecule has 86 valence electrons. The smallest absolute Gasteiger partial charge is 0.0931 e. The van der Waals surface area contributed by atoms with Gasteiger partial charge in [-0.1, -0.05) is 11.6 Å². The standard InChI is InChI=1S/C11H11BrClNS2/c1-7(8-4-11(13)15-6-8)14-5-9-2-3-10(12)16-9/h2-4,6-7,14H,5H2,1H3. The van der Waals surface area contributed by atoms with E-state index in [1.807, 2.05) is 6.07 Å². The predicted molar refractivity (Wildman–Crippen MR) is 76.6 cm³/mol. The quantitative estimate of drug-likeness (QED) is 0.821. The molecule has 0 saturated heterocycles. The average molecular weight is 337 g/mol. The molecule has 0 amide bonds. The number of halogens is 2. The molecule has 0 aromatic carbocycles. The molecule has 5 heteroatoms. The molecule has 2 aromatic heterocycles. The SMILES string of the molecule is CC(NCc1ccc(Br)s1)c1csc(Cl)c1. The Kier molecular flexibility index (Phi) is 4.44. The van der Waals surface area contributed by atoms with Crippen LogP contribution in [0.3, 0.4) is 0 Å². The van der Waals surface area contributed by atoms with Gasteiger partial charge >= 0.3 is 0 Å². The van der Waals surface area contributed by atoms with E-state index < -0.39 is 0 Å². The molecule has 2 aromatic rings. The van der Waals surface area contributed by atoms with E-state index in [-0.39, 0.29) is 0 Å². The first-order valence-corrected chi connectivity index (χ1v) is 7.73. The van der Waals surface area contributed by atoms with Crippen molar-refractivity contribution in [2.75, 3.05) is 0 Å². The van der Waals surface area contributed by atoms with Crippen LogP contribution >= 0.6 is 50.2 Å². The Morgan fingerprint density at radius 2 is 2.31 bits per heavy atom. The first kappa shape index (κ1) is 12.6. The van der Waals surface area contributed by atoms with Crippen LogP contribution < -0.4 is 5.32 Å². The molecule has 0 radical (unpaired) electrons. The molecule has 2 heterocycles. The summed E-state index contributed by atoms with van der Waals surface area (Å²) in [5.74, 6) is 0. The van der Waals surface area contributed by atoms with Crippen LogP contribution in [0.2, 0.25) is 4.34 Å². The van der Waals surface area contributed by atoms with Gasteiger partial charge in [0.1, 0.15) is 0 Å². The summed E-state index contributed by atoms with van der Waals surface area (Å²) < 4.78 is 2.03. The van der Waals surface area contributed by atoms with Crippen molar-refractivity contribution < 1.29 is 0 Å². The molecule has 1 atom stereocenters. The molecule has 0 aliphatic carbocycles. The molecule has 0 saturated carbocycles. The van der Waals surface area contributed by atoms with Crippen molar-refractivity contribution in [2.45, 2.75) is 19.5 Å². The maximum absolute atomic E-state index is 5.91. The summed E-state index contributed by atoms with van der Waals surface area (Å²) in [6.45, 7) is 3.05. The molecule has 0 aliphatic rings. The van der Waals surface area contributed by atoms with Gasteiger partial charge in [0, 0.05) is 17.5 Å². The van der Waals surface area contributed by atoms with Gasteiger partial charge in [-0.25, -0.2) is 0 Å². The second kappa shape index (κ2) is 5.65. The van der Waals surface area contributed by atoms with E-state index in [0.29, 0.717) is 6.04 Å². The fraction of sp³-hybridized carbons (Fsp3) is 0.273. The van der Waals surface area contributed by atoms with Crippen molar-refractivity contribution in [1.82, 2.24) is 5.32 Å². The van der Waals surface area contributed by atoms with Crippen molar-refractivity contribution in [2.24, 2.45) is 0 Å². The van der Waals surface area contributed by atoms with Crippen molar-refractivity contribution in [3.8, 4) is 0 Å². The molecule has 1 nitrogen and oxygen atoms in total. The van der Waals surface area contributed by atoms with E-state index in [0.717, 1.165) is 10.9 Å². The molecule has 1 N–H and O–H groups in total. The zero-order valence-electron chi connectivity index (χ0n) is 8.67. The van der Waals surface area contributed by atoms with Gasteiger partial charge in [0.2, 0.25) is 0 Å². The van der Waals surface area contributed by atoms with Gasteiger partial charge in [-0.15, -0.1) is 22.7 Å². The number of hydrogen-bond acceptors (Lipinski definition) is 3. The Morgan fingerprint density at radius 1 is 1.50 bits per heavy atom. The van der Waals surface area contributed by atoms with Crippen molar-refractivity contribution in [3.05, 3.63) is 42.1 Å². The fourth-order valence-corrected chi connectivity index (χ4v) is 3.79. The van der Waals surface area contributed by atoms with E-state index in [2.05, 4.69) is 45.7 Å². The molecule has 0 bridgehead atoms. The van der Waals surface area contributed by atoms with Crippen LogP contribution in [0.25, 0.3) is 0 Å². The summed E-state index contributed by atoms with van der Waals surface area (Å²) >= 11 is 12.7. The lowest BCUT2D eigenvalue weighted by Crippen LogP contribution is -2.16. The normalized spacial score (nSPS) is 12.9.